The molecule has 0 saturated carbocycles. The highest BCUT2D eigenvalue weighted by molar-refractivity contribution is 7.92. The molecule has 0 aliphatic carbocycles. The molecule has 0 heterocycles. The first kappa shape index (κ1) is 19.2. The van der Waals surface area contributed by atoms with Gasteiger partial charge < -0.3 is 5.32 Å². The van der Waals surface area contributed by atoms with Crippen molar-refractivity contribution in [1.29, 1.82) is 0 Å². The van der Waals surface area contributed by atoms with Crippen LogP contribution in [0.4, 0.5) is 5.69 Å². The maximum atomic E-state index is 12.3. The van der Waals surface area contributed by atoms with Crippen molar-refractivity contribution in [3.05, 3.63) is 51.8 Å². The van der Waals surface area contributed by atoms with Crippen LogP contribution in [-0.2, 0) is 10.0 Å². The predicted molar refractivity (Wildman–Crippen MR) is 94.8 cm³/mol. The Morgan fingerprint density at radius 3 is 2.30 bits per heavy atom. The van der Waals surface area contributed by atoms with E-state index in [1.807, 2.05) is 0 Å². The van der Waals surface area contributed by atoms with E-state index in [4.69, 9.17) is 23.2 Å². The van der Waals surface area contributed by atoms with Gasteiger partial charge in [0.15, 0.2) is 0 Å². The quantitative estimate of drug-likeness (QED) is 0.590. The first-order chi connectivity index (χ1) is 10.7. The molecular formula is C14H15Cl2N3O3S. The van der Waals surface area contributed by atoms with E-state index in [0.717, 1.165) is 6.26 Å². The molecule has 1 amide bonds. The van der Waals surface area contributed by atoms with Gasteiger partial charge in [-0.05, 0) is 31.9 Å². The Morgan fingerprint density at radius 2 is 1.87 bits per heavy atom. The van der Waals surface area contributed by atoms with Gasteiger partial charge in [0.05, 0.1) is 27.6 Å². The van der Waals surface area contributed by atoms with Crippen LogP contribution in [0.1, 0.15) is 17.3 Å². The Hall–Kier alpha value is -1.83. The molecule has 1 aromatic rings. The van der Waals surface area contributed by atoms with Crippen molar-refractivity contribution in [2.24, 2.45) is 4.99 Å². The van der Waals surface area contributed by atoms with Gasteiger partial charge in [0, 0.05) is 11.9 Å². The topological polar surface area (TPSA) is 87.6 Å². The molecule has 0 atom stereocenters. The monoisotopic (exact) mass is 375 g/mol. The second-order valence-corrected chi connectivity index (χ2v) is 6.95. The third-order valence-corrected chi connectivity index (χ3v) is 3.70. The number of carbonyl (C=O) groups excluding carboxylic acids is 1. The first-order valence-electron chi connectivity index (χ1n) is 6.24. The first-order valence-corrected chi connectivity index (χ1v) is 8.89. The van der Waals surface area contributed by atoms with E-state index in [9.17, 15) is 13.2 Å². The normalized spacial score (nSPS) is 12.3. The summed E-state index contributed by atoms with van der Waals surface area (Å²) in [7, 11) is -3.48. The van der Waals surface area contributed by atoms with Gasteiger partial charge in [-0.15, -0.1) is 0 Å². The summed E-state index contributed by atoms with van der Waals surface area (Å²) in [4.78, 5) is 15.8. The number of aliphatic imine (C=N–C) groups is 1. The summed E-state index contributed by atoms with van der Waals surface area (Å²) in [5.74, 6) is -0.535. The molecule has 0 unspecified atom stereocenters. The average molecular weight is 376 g/mol. The number of allylic oxidation sites excluding steroid dienone is 2. The number of halogens is 2. The fourth-order valence-corrected chi connectivity index (χ4v) is 2.80. The Labute approximate surface area is 144 Å². The molecule has 0 spiro atoms. The lowest BCUT2D eigenvalue weighted by molar-refractivity contribution is 0.0967. The number of amides is 1. The van der Waals surface area contributed by atoms with Crippen LogP contribution >= 0.6 is 23.2 Å². The molecule has 0 aromatic heterocycles. The zero-order valence-corrected chi connectivity index (χ0v) is 14.8. The molecule has 0 saturated heterocycles. The fourth-order valence-electron chi connectivity index (χ4n) is 1.60. The Bertz CT molecular complexity index is 763. The Balaban J connectivity index is 3.11. The molecule has 1 aromatic carbocycles. The summed E-state index contributed by atoms with van der Waals surface area (Å²) < 4.78 is 24.7. The third kappa shape index (κ3) is 6.05. The minimum absolute atomic E-state index is 0.0161. The van der Waals surface area contributed by atoms with Crippen LogP contribution in [0.15, 0.2) is 41.2 Å². The summed E-state index contributed by atoms with van der Waals surface area (Å²) in [6.45, 7) is 5.02. The number of nitrogens with one attached hydrogen (secondary N) is 2. The fraction of sp³-hybridized carbons (Fsp3) is 0.143. The molecule has 9 heteroatoms. The standard InChI is InChI=1S/C14H15Cl2N3O3S/c1-4-9(5-6-17-2)18-14(20)13-11(15)7-10(8-12(13)16)19-23(3,21)22/h4-8,19H,2H2,1,3H3,(H,18,20). The van der Waals surface area contributed by atoms with Crippen LogP contribution in [0, 0.1) is 0 Å². The molecule has 6 nitrogen and oxygen atoms in total. The van der Waals surface area contributed by atoms with Crippen molar-refractivity contribution >= 4 is 51.5 Å². The second kappa shape index (κ2) is 8.14. The number of benzene rings is 1. The van der Waals surface area contributed by atoms with E-state index in [-0.39, 0.29) is 21.3 Å². The highest BCUT2D eigenvalue weighted by Crippen LogP contribution is 2.29. The minimum atomic E-state index is -3.48. The number of rotatable bonds is 6. The predicted octanol–water partition coefficient (Wildman–Crippen LogP) is 3.21. The van der Waals surface area contributed by atoms with Gasteiger partial charge in [0.2, 0.25) is 10.0 Å². The molecular weight excluding hydrogens is 361 g/mol. The lowest BCUT2D eigenvalue weighted by Gasteiger charge is -2.11. The van der Waals surface area contributed by atoms with E-state index in [1.54, 1.807) is 19.1 Å². The maximum Gasteiger partial charge on any atom is 0.258 e. The SMILES string of the molecule is C=NC=CC(=CC)NC(=O)c1c(Cl)cc(NS(C)(=O)=O)cc1Cl. The molecule has 0 aliphatic rings. The van der Waals surface area contributed by atoms with Gasteiger partial charge in [-0.1, -0.05) is 29.3 Å². The maximum absolute atomic E-state index is 12.3. The van der Waals surface area contributed by atoms with Gasteiger partial charge in [0.25, 0.3) is 5.91 Å². The van der Waals surface area contributed by atoms with Crippen LogP contribution in [0.3, 0.4) is 0 Å². The molecule has 0 fully saturated rings. The zero-order chi connectivity index (χ0) is 17.6. The van der Waals surface area contributed by atoms with Crippen LogP contribution in [0.2, 0.25) is 10.0 Å². The largest absolute Gasteiger partial charge is 0.322 e. The van der Waals surface area contributed by atoms with Gasteiger partial charge in [-0.3, -0.25) is 14.5 Å². The van der Waals surface area contributed by atoms with Gasteiger partial charge in [-0.2, -0.15) is 0 Å². The number of anilines is 1. The van der Waals surface area contributed by atoms with Crippen LogP contribution in [0.25, 0.3) is 0 Å². The van der Waals surface area contributed by atoms with Gasteiger partial charge in [0.1, 0.15) is 0 Å². The number of nitrogens with zero attached hydrogens (tertiary/aromatic N) is 1. The summed E-state index contributed by atoms with van der Waals surface area (Å²) in [5.41, 5.74) is 0.681. The highest BCUT2D eigenvalue weighted by atomic mass is 35.5. The number of sulfonamides is 1. The molecule has 124 valence electrons. The Morgan fingerprint density at radius 1 is 1.30 bits per heavy atom. The van der Waals surface area contributed by atoms with E-state index >= 15 is 0 Å². The minimum Gasteiger partial charge on any atom is -0.322 e. The van der Waals surface area contributed by atoms with Crippen molar-refractivity contribution in [3.8, 4) is 0 Å². The van der Waals surface area contributed by atoms with Crippen molar-refractivity contribution in [3.63, 3.8) is 0 Å². The van der Waals surface area contributed by atoms with Gasteiger partial charge in [-0.25, -0.2) is 8.42 Å². The van der Waals surface area contributed by atoms with Crippen molar-refractivity contribution in [1.82, 2.24) is 5.32 Å². The molecule has 2 N–H and O–H groups in total. The summed E-state index contributed by atoms with van der Waals surface area (Å²) in [5, 5.41) is 2.64. The average Bonchev–Trinajstić information content (AvgIpc) is 2.40. The van der Waals surface area contributed by atoms with Crippen molar-refractivity contribution in [2.45, 2.75) is 6.92 Å². The lowest BCUT2D eigenvalue weighted by Crippen LogP contribution is -2.22. The van der Waals surface area contributed by atoms with Gasteiger partial charge >= 0.3 is 0 Å². The third-order valence-electron chi connectivity index (χ3n) is 2.50. The van der Waals surface area contributed by atoms with Crippen molar-refractivity contribution in [2.75, 3.05) is 11.0 Å². The summed E-state index contributed by atoms with van der Waals surface area (Å²) >= 11 is 12.1. The lowest BCUT2D eigenvalue weighted by atomic mass is 10.2. The zero-order valence-electron chi connectivity index (χ0n) is 12.4. The molecule has 23 heavy (non-hydrogen) atoms. The highest BCUT2D eigenvalue weighted by Gasteiger charge is 2.17. The molecule has 0 aliphatic heterocycles. The Kier molecular flexibility index (Phi) is 6.80. The van der Waals surface area contributed by atoms with E-state index in [0.29, 0.717) is 5.70 Å². The molecule has 1 rings (SSSR count). The molecule has 0 radical (unpaired) electrons. The number of hydrogen-bond donors (Lipinski definition) is 2. The van der Waals surface area contributed by atoms with Crippen molar-refractivity contribution < 1.29 is 13.2 Å². The van der Waals surface area contributed by atoms with Crippen LogP contribution < -0.4 is 10.0 Å². The van der Waals surface area contributed by atoms with Crippen LogP contribution in [0.5, 0.6) is 0 Å². The summed E-state index contributed by atoms with van der Waals surface area (Å²) in [6, 6.07) is 2.61. The van der Waals surface area contributed by atoms with E-state index in [1.165, 1.54) is 18.3 Å². The second-order valence-electron chi connectivity index (χ2n) is 4.39. The van der Waals surface area contributed by atoms with E-state index < -0.39 is 15.9 Å². The van der Waals surface area contributed by atoms with Crippen LogP contribution in [-0.4, -0.2) is 27.3 Å². The summed E-state index contributed by atoms with van der Waals surface area (Å²) in [6.07, 6.45) is 5.61. The molecule has 0 bridgehead atoms. The number of hydrogen-bond acceptors (Lipinski definition) is 4. The van der Waals surface area contributed by atoms with E-state index in [2.05, 4.69) is 21.7 Å². The number of carbonyl (C=O) groups is 1. The smallest absolute Gasteiger partial charge is 0.258 e.